The largest absolute Gasteiger partial charge is 0.361 e. The van der Waals surface area contributed by atoms with Crippen LogP contribution in [0.5, 0.6) is 0 Å². The Morgan fingerprint density at radius 2 is 1.92 bits per heavy atom. The molecule has 5 nitrogen and oxygen atoms in total. The maximum atomic E-state index is 12.6. The van der Waals surface area contributed by atoms with Crippen molar-refractivity contribution in [1.82, 2.24) is 15.5 Å². The van der Waals surface area contributed by atoms with Crippen molar-refractivity contribution in [2.24, 2.45) is 0 Å². The number of aromatic nitrogens is 2. The van der Waals surface area contributed by atoms with Crippen LogP contribution in [0.4, 0.5) is 5.69 Å². The smallest absolute Gasteiger partial charge is 0.255 e. The summed E-state index contributed by atoms with van der Waals surface area (Å²) in [4.78, 5) is 12.6. The molecule has 1 aliphatic heterocycles. The van der Waals surface area contributed by atoms with Crippen molar-refractivity contribution in [1.29, 1.82) is 0 Å². The molecular formula is C18H15IN4O. The number of amides is 1. The second-order valence-corrected chi connectivity index (χ2v) is 7.01. The number of anilines is 1. The number of hydrogen-bond acceptors (Lipinski definition) is 3. The standard InChI is InChI=1S/C18H15IN4O/c1-10-7-12(19)8-13-15(10)21-17(22-18(13)24)14-9-20-23-16(14)11-5-3-2-4-6-11/h2-9,17,21H,1H3,(H,20,23)(H,22,24). The van der Waals surface area contributed by atoms with Gasteiger partial charge in [0.15, 0.2) is 0 Å². The molecule has 0 fully saturated rings. The molecule has 1 aliphatic rings. The van der Waals surface area contributed by atoms with Crippen LogP contribution in [0, 0.1) is 10.5 Å². The van der Waals surface area contributed by atoms with Gasteiger partial charge in [-0.2, -0.15) is 5.10 Å². The Morgan fingerprint density at radius 3 is 2.71 bits per heavy atom. The zero-order valence-electron chi connectivity index (χ0n) is 12.9. The quantitative estimate of drug-likeness (QED) is 0.542. The van der Waals surface area contributed by atoms with Crippen molar-refractivity contribution < 1.29 is 4.79 Å². The van der Waals surface area contributed by atoms with Crippen molar-refractivity contribution in [2.45, 2.75) is 13.1 Å². The Kier molecular flexibility index (Phi) is 3.76. The van der Waals surface area contributed by atoms with Crippen LogP contribution in [-0.4, -0.2) is 16.1 Å². The van der Waals surface area contributed by atoms with Gasteiger partial charge in [-0.15, -0.1) is 0 Å². The first-order valence-corrected chi connectivity index (χ1v) is 8.67. The maximum absolute atomic E-state index is 12.6. The Morgan fingerprint density at radius 1 is 1.12 bits per heavy atom. The molecule has 1 atom stereocenters. The number of fused-ring (bicyclic) bond motifs is 1. The van der Waals surface area contributed by atoms with Crippen LogP contribution in [0.1, 0.15) is 27.7 Å². The first kappa shape index (κ1) is 15.2. The van der Waals surface area contributed by atoms with E-state index in [4.69, 9.17) is 0 Å². The Balaban J connectivity index is 1.76. The maximum Gasteiger partial charge on any atom is 0.255 e. The third-order valence-corrected chi connectivity index (χ3v) is 4.77. The Labute approximate surface area is 153 Å². The minimum absolute atomic E-state index is 0.0735. The second-order valence-electron chi connectivity index (χ2n) is 5.76. The predicted octanol–water partition coefficient (Wildman–Crippen LogP) is 3.84. The topological polar surface area (TPSA) is 69.8 Å². The number of nitrogens with one attached hydrogen (secondary N) is 3. The molecule has 1 aromatic heterocycles. The monoisotopic (exact) mass is 430 g/mol. The third kappa shape index (κ3) is 2.56. The Hall–Kier alpha value is -2.35. The number of carbonyl (C=O) groups is 1. The molecule has 6 heteroatoms. The number of halogens is 1. The summed E-state index contributed by atoms with van der Waals surface area (Å²) in [5, 5.41) is 13.7. The van der Waals surface area contributed by atoms with Gasteiger partial charge in [0.1, 0.15) is 6.17 Å². The van der Waals surface area contributed by atoms with Crippen molar-refractivity contribution in [3.63, 3.8) is 0 Å². The predicted molar refractivity (Wildman–Crippen MR) is 102 cm³/mol. The van der Waals surface area contributed by atoms with Gasteiger partial charge in [-0.3, -0.25) is 9.89 Å². The first-order valence-electron chi connectivity index (χ1n) is 7.59. The van der Waals surface area contributed by atoms with Crippen molar-refractivity contribution in [3.8, 4) is 11.3 Å². The molecule has 1 amide bonds. The molecule has 0 radical (unpaired) electrons. The number of carbonyl (C=O) groups excluding carboxylic acids is 1. The zero-order valence-corrected chi connectivity index (χ0v) is 15.1. The second kappa shape index (κ2) is 5.94. The van der Waals surface area contributed by atoms with Crippen LogP contribution in [-0.2, 0) is 0 Å². The van der Waals surface area contributed by atoms with Gasteiger partial charge in [0.25, 0.3) is 5.91 Å². The highest BCUT2D eigenvalue weighted by molar-refractivity contribution is 14.1. The van der Waals surface area contributed by atoms with Crippen LogP contribution in [0.2, 0.25) is 0 Å². The summed E-state index contributed by atoms with van der Waals surface area (Å²) in [6, 6.07) is 13.9. The lowest BCUT2D eigenvalue weighted by Gasteiger charge is -2.29. The summed E-state index contributed by atoms with van der Waals surface area (Å²) in [5.41, 5.74) is 5.47. The normalized spacial score (nSPS) is 16.2. The van der Waals surface area contributed by atoms with Gasteiger partial charge in [0, 0.05) is 9.13 Å². The highest BCUT2D eigenvalue weighted by Crippen LogP contribution is 2.33. The highest BCUT2D eigenvalue weighted by Gasteiger charge is 2.28. The number of aromatic amines is 1. The summed E-state index contributed by atoms with van der Waals surface area (Å²) in [6.07, 6.45) is 1.44. The minimum Gasteiger partial charge on any atom is -0.361 e. The number of aryl methyl sites for hydroxylation is 1. The van der Waals surface area contributed by atoms with E-state index in [1.54, 1.807) is 6.20 Å². The van der Waals surface area contributed by atoms with Gasteiger partial charge < -0.3 is 10.6 Å². The van der Waals surface area contributed by atoms with Crippen LogP contribution in [0.15, 0.2) is 48.7 Å². The lowest BCUT2D eigenvalue weighted by Crippen LogP contribution is -2.39. The van der Waals surface area contributed by atoms with E-state index in [1.165, 1.54) is 0 Å². The van der Waals surface area contributed by atoms with Gasteiger partial charge in [-0.1, -0.05) is 30.3 Å². The Bertz CT molecular complexity index is 920. The van der Waals surface area contributed by atoms with Crippen LogP contribution in [0.25, 0.3) is 11.3 Å². The van der Waals surface area contributed by atoms with Gasteiger partial charge in [-0.05, 0) is 52.8 Å². The molecule has 4 rings (SSSR count). The lowest BCUT2D eigenvalue weighted by atomic mass is 10.0. The molecule has 3 N–H and O–H groups in total. The van der Waals surface area contributed by atoms with Crippen LogP contribution in [0.3, 0.4) is 0 Å². The SMILES string of the molecule is Cc1cc(I)cc2c1NC(c1cn[nH]c1-c1ccccc1)NC2=O. The molecule has 0 saturated heterocycles. The van der Waals surface area contributed by atoms with E-state index < -0.39 is 0 Å². The van der Waals surface area contributed by atoms with Crippen molar-refractivity contribution in [3.05, 3.63) is 68.9 Å². The summed E-state index contributed by atoms with van der Waals surface area (Å²) in [7, 11) is 0. The number of hydrogen-bond donors (Lipinski definition) is 3. The molecule has 0 bridgehead atoms. The average Bonchev–Trinajstić information content (AvgIpc) is 3.06. The zero-order chi connectivity index (χ0) is 16.7. The van der Waals surface area contributed by atoms with Crippen LogP contribution >= 0.6 is 22.6 Å². The van der Waals surface area contributed by atoms with E-state index in [9.17, 15) is 4.79 Å². The molecule has 0 aliphatic carbocycles. The molecule has 1 unspecified atom stereocenters. The molecule has 2 heterocycles. The fourth-order valence-electron chi connectivity index (χ4n) is 3.01. The molecule has 2 aromatic carbocycles. The fraction of sp³-hybridized carbons (Fsp3) is 0.111. The van der Waals surface area contributed by atoms with Gasteiger partial charge in [-0.25, -0.2) is 0 Å². The third-order valence-electron chi connectivity index (χ3n) is 4.15. The molecule has 120 valence electrons. The van der Waals surface area contributed by atoms with E-state index >= 15 is 0 Å². The van der Waals surface area contributed by atoms with E-state index in [2.05, 4.69) is 49.5 Å². The summed E-state index contributed by atoms with van der Waals surface area (Å²) in [6.45, 7) is 2.01. The number of H-pyrrole nitrogens is 1. The van der Waals surface area contributed by atoms with Gasteiger partial charge in [0.2, 0.25) is 0 Å². The highest BCUT2D eigenvalue weighted by atomic mass is 127. The molecule has 0 saturated carbocycles. The number of rotatable bonds is 2. The van der Waals surface area contributed by atoms with Gasteiger partial charge in [0.05, 0.1) is 23.1 Å². The molecular weight excluding hydrogens is 415 g/mol. The average molecular weight is 430 g/mol. The van der Waals surface area contributed by atoms with E-state index in [0.717, 1.165) is 31.6 Å². The minimum atomic E-state index is -0.322. The van der Waals surface area contributed by atoms with Crippen molar-refractivity contribution >= 4 is 34.2 Å². The summed E-state index contributed by atoms with van der Waals surface area (Å²) < 4.78 is 1.05. The summed E-state index contributed by atoms with van der Waals surface area (Å²) in [5.74, 6) is -0.0735. The molecule has 24 heavy (non-hydrogen) atoms. The lowest BCUT2D eigenvalue weighted by molar-refractivity contribution is 0.0935. The van der Waals surface area contributed by atoms with Crippen LogP contribution < -0.4 is 10.6 Å². The van der Waals surface area contributed by atoms with E-state index in [0.29, 0.717) is 5.56 Å². The number of nitrogens with zero attached hydrogens (tertiary/aromatic N) is 1. The molecule has 0 spiro atoms. The van der Waals surface area contributed by atoms with Crippen molar-refractivity contribution in [2.75, 3.05) is 5.32 Å². The summed E-state index contributed by atoms with van der Waals surface area (Å²) >= 11 is 2.23. The van der Waals surface area contributed by atoms with E-state index in [-0.39, 0.29) is 12.1 Å². The van der Waals surface area contributed by atoms with Gasteiger partial charge >= 0.3 is 0 Å². The van der Waals surface area contributed by atoms with E-state index in [1.807, 2.05) is 43.3 Å². The first-order chi connectivity index (χ1) is 11.6. The number of benzene rings is 2. The fourth-order valence-corrected chi connectivity index (χ4v) is 3.79. The molecule has 3 aromatic rings.